The van der Waals surface area contributed by atoms with Gasteiger partial charge in [0.15, 0.2) is 9.92 Å². The molecular formula is C34H46N4O8S2. The number of thiazole rings is 1. The predicted molar refractivity (Wildman–Crippen MR) is 183 cm³/mol. The van der Waals surface area contributed by atoms with Gasteiger partial charge in [-0.05, 0) is 73.3 Å². The van der Waals surface area contributed by atoms with Gasteiger partial charge >= 0.3 is 6.03 Å². The number of benzene rings is 2. The SMILES string of the molecule is CC(O)(COCCOCCOCCOCCOCc1ccccc1)c1ncc(S(=N)(=O)NC(=O)Nc2c3c(cc4c2CCC4)CCC3)s1. The molecule has 0 spiro atoms. The van der Waals surface area contributed by atoms with E-state index in [-0.39, 0.29) is 22.4 Å². The number of carbonyl (C=O) groups excluding carboxylic acids is 1. The van der Waals surface area contributed by atoms with E-state index in [1.54, 1.807) is 0 Å². The lowest BCUT2D eigenvalue weighted by Gasteiger charge is -2.20. The van der Waals surface area contributed by atoms with Crippen molar-refractivity contribution in [3.05, 3.63) is 75.4 Å². The third-order valence-corrected chi connectivity index (χ3v) is 11.3. The van der Waals surface area contributed by atoms with E-state index in [9.17, 15) is 14.1 Å². The van der Waals surface area contributed by atoms with Gasteiger partial charge in [-0.1, -0.05) is 36.4 Å². The molecule has 4 N–H and O–H groups in total. The van der Waals surface area contributed by atoms with Crippen molar-refractivity contribution < 1.29 is 37.8 Å². The van der Waals surface area contributed by atoms with Gasteiger partial charge in [0.25, 0.3) is 0 Å². The number of anilines is 1. The zero-order chi connectivity index (χ0) is 33.8. The van der Waals surface area contributed by atoms with E-state index in [1.807, 2.05) is 30.3 Å². The number of hydrogen-bond donors (Lipinski definition) is 4. The first-order chi connectivity index (χ1) is 23.2. The summed E-state index contributed by atoms with van der Waals surface area (Å²) < 4.78 is 51.7. The van der Waals surface area contributed by atoms with E-state index in [2.05, 4.69) is 21.1 Å². The Hall–Kier alpha value is -2.95. The molecule has 1 aromatic heterocycles. The van der Waals surface area contributed by atoms with Crippen molar-refractivity contribution in [3.8, 4) is 0 Å². The van der Waals surface area contributed by atoms with Gasteiger partial charge in [0.05, 0.1) is 72.3 Å². The van der Waals surface area contributed by atoms with Crippen LogP contribution in [0.15, 0.2) is 46.8 Å². The molecule has 2 unspecified atom stereocenters. The number of rotatable bonds is 20. The summed E-state index contributed by atoms with van der Waals surface area (Å²) in [6.07, 6.45) is 7.13. The number of carbonyl (C=O) groups is 1. The Morgan fingerprint density at radius 3 is 2.06 bits per heavy atom. The average molecular weight is 703 g/mol. The fourth-order valence-corrected chi connectivity index (χ4v) is 7.93. The minimum absolute atomic E-state index is 0.0431. The molecule has 262 valence electrons. The Morgan fingerprint density at radius 1 is 0.896 bits per heavy atom. The van der Waals surface area contributed by atoms with Crippen molar-refractivity contribution in [1.29, 1.82) is 4.78 Å². The number of hydrogen-bond acceptors (Lipinski definition) is 11. The molecule has 0 bridgehead atoms. The van der Waals surface area contributed by atoms with Crippen LogP contribution in [-0.2, 0) is 71.5 Å². The molecule has 2 aliphatic rings. The monoisotopic (exact) mass is 702 g/mol. The second-order valence-corrected chi connectivity index (χ2v) is 15.1. The maximum Gasteiger partial charge on any atom is 0.331 e. The smallest absolute Gasteiger partial charge is 0.331 e. The highest BCUT2D eigenvalue weighted by Gasteiger charge is 2.30. The van der Waals surface area contributed by atoms with Gasteiger partial charge in [0.2, 0.25) is 0 Å². The molecule has 48 heavy (non-hydrogen) atoms. The number of aromatic nitrogens is 1. The third kappa shape index (κ3) is 10.3. The summed E-state index contributed by atoms with van der Waals surface area (Å²) in [5, 5.41) is 14.1. The summed E-state index contributed by atoms with van der Waals surface area (Å²) in [5.74, 6) is 0. The molecule has 0 aliphatic heterocycles. The number of nitrogens with zero attached hydrogens (tertiary/aromatic N) is 1. The molecule has 0 saturated carbocycles. The fourth-order valence-electron chi connectivity index (χ4n) is 5.80. The predicted octanol–water partition coefficient (Wildman–Crippen LogP) is 4.75. The zero-order valence-electron chi connectivity index (χ0n) is 27.4. The highest BCUT2D eigenvalue weighted by Crippen LogP contribution is 2.38. The van der Waals surface area contributed by atoms with Crippen molar-refractivity contribution in [2.45, 2.75) is 61.9 Å². The van der Waals surface area contributed by atoms with Gasteiger partial charge in [-0.2, -0.15) is 0 Å². The van der Waals surface area contributed by atoms with Crippen LogP contribution in [0.5, 0.6) is 0 Å². The molecule has 0 radical (unpaired) electrons. The lowest BCUT2D eigenvalue weighted by molar-refractivity contribution is -0.0563. The number of nitrogens with one attached hydrogen (secondary N) is 3. The van der Waals surface area contributed by atoms with Gasteiger partial charge in [0, 0.05) is 5.69 Å². The van der Waals surface area contributed by atoms with Gasteiger partial charge in [-0.25, -0.2) is 23.5 Å². The number of fused-ring (bicyclic) bond motifs is 2. The first-order valence-electron chi connectivity index (χ1n) is 16.4. The van der Waals surface area contributed by atoms with E-state index in [1.165, 1.54) is 24.2 Å². The summed E-state index contributed by atoms with van der Waals surface area (Å²) in [6, 6.07) is 11.6. The Labute approximate surface area is 286 Å². The molecular weight excluding hydrogens is 657 g/mol. The van der Waals surface area contributed by atoms with Gasteiger partial charge in [0.1, 0.15) is 14.8 Å². The molecule has 12 nitrogen and oxygen atoms in total. The van der Waals surface area contributed by atoms with Crippen LogP contribution in [-0.4, -0.2) is 79.8 Å². The standard InChI is InChI=1S/C34H46N4O8S2/c1-34(40,24-46-20-18-44-16-14-42-13-15-43-17-19-45-23-25-7-3-2-4-8-25)32-36-22-30(47-32)48(35,41)38-33(39)37-31-28-11-5-9-26(28)21-27-10-6-12-29(27)31/h2-4,7-8,21-22,40H,5-6,9-20,23-24H2,1H3,(H3,35,37,38,39,41). The fraction of sp³-hybridized carbons (Fsp3) is 0.529. The number of amides is 2. The topological polar surface area (TPSA) is 161 Å². The van der Waals surface area contributed by atoms with Crippen LogP contribution in [0.25, 0.3) is 0 Å². The third-order valence-electron chi connectivity index (χ3n) is 8.16. The largest absolute Gasteiger partial charge is 0.381 e. The molecule has 3 aromatic rings. The number of urea groups is 1. The van der Waals surface area contributed by atoms with E-state index in [4.69, 9.17) is 28.5 Å². The molecule has 0 saturated heterocycles. The van der Waals surface area contributed by atoms with Crippen LogP contribution in [0.1, 0.15) is 52.6 Å². The summed E-state index contributed by atoms with van der Waals surface area (Å²) >= 11 is 0.909. The van der Waals surface area contributed by atoms with Gasteiger partial charge < -0.3 is 34.1 Å². The molecule has 2 aromatic carbocycles. The molecule has 2 aliphatic carbocycles. The average Bonchev–Trinajstić information content (AvgIpc) is 3.85. The maximum atomic E-state index is 13.3. The normalized spacial score (nSPS) is 16.2. The van der Waals surface area contributed by atoms with Crippen LogP contribution < -0.4 is 10.0 Å². The van der Waals surface area contributed by atoms with Crippen LogP contribution in [0.2, 0.25) is 0 Å². The van der Waals surface area contributed by atoms with Crippen molar-refractivity contribution in [2.24, 2.45) is 0 Å². The van der Waals surface area contributed by atoms with Gasteiger partial charge in [-0.3, -0.25) is 0 Å². The Balaban J connectivity index is 0.936. The number of ether oxygens (including phenoxy) is 5. The first kappa shape index (κ1) is 36.3. The summed E-state index contributed by atoms with van der Waals surface area (Å²) in [5.41, 5.74) is 5.29. The van der Waals surface area contributed by atoms with Crippen LogP contribution in [0.4, 0.5) is 10.5 Å². The number of aliphatic hydroxyl groups is 1. The van der Waals surface area contributed by atoms with Gasteiger partial charge in [-0.15, -0.1) is 11.3 Å². The quantitative estimate of drug-likeness (QED) is 0.122. The second-order valence-electron chi connectivity index (χ2n) is 12.0. The molecule has 0 fully saturated rings. The van der Waals surface area contributed by atoms with E-state index in [0.29, 0.717) is 52.9 Å². The maximum absolute atomic E-state index is 13.3. The summed E-state index contributed by atoms with van der Waals surface area (Å²) in [6.45, 7) is 5.33. The Morgan fingerprint density at radius 2 is 1.46 bits per heavy atom. The summed E-state index contributed by atoms with van der Waals surface area (Å²) in [4.78, 5) is 17.2. The Kier molecular flexibility index (Phi) is 13.3. The zero-order valence-corrected chi connectivity index (χ0v) is 29.1. The summed E-state index contributed by atoms with van der Waals surface area (Å²) in [7, 11) is -3.71. The van der Waals surface area contributed by atoms with Crippen LogP contribution in [0.3, 0.4) is 0 Å². The van der Waals surface area contributed by atoms with Crippen molar-refractivity contribution in [2.75, 3.05) is 64.8 Å². The first-order valence-corrected chi connectivity index (χ1v) is 18.8. The van der Waals surface area contributed by atoms with E-state index in [0.717, 1.165) is 72.2 Å². The highest BCUT2D eigenvalue weighted by molar-refractivity contribution is 7.93. The minimum atomic E-state index is -3.71. The van der Waals surface area contributed by atoms with Crippen molar-refractivity contribution >= 4 is 33.0 Å². The molecule has 5 rings (SSSR count). The van der Waals surface area contributed by atoms with Crippen molar-refractivity contribution in [3.63, 3.8) is 0 Å². The lowest BCUT2D eigenvalue weighted by Crippen LogP contribution is -2.34. The van der Waals surface area contributed by atoms with E-state index >= 15 is 0 Å². The minimum Gasteiger partial charge on any atom is -0.381 e. The second kappa shape index (κ2) is 17.6. The molecule has 2 atom stereocenters. The van der Waals surface area contributed by atoms with Crippen LogP contribution >= 0.6 is 11.3 Å². The molecule has 14 heteroatoms. The van der Waals surface area contributed by atoms with E-state index < -0.39 is 21.5 Å². The van der Waals surface area contributed by atoms with Crippen molar-refractivity contribution in [1.82, 2.24) is 9.71 Å². The Bertz CT molecular complexity index is 1570. The molecule has 2 amide bonds. The highest BCUT2D eigenvalue weighted by atomic mass is 32.2. The number of aryl methyl sites for hydroxylation is 2. The van der Waals surface area contributed by atoms with Crippen LogP contribution in [0, 0.1) is 4.78 Å². The lowest BCUT2D eigenvalue weighted by atomic mass is 9.99. The molecule has 1 heterocycles.